The summed E-state index contributed by atoms with van der Waals surface area (Å²) in [4.78, 5) is 34.0. The van der Waals surface area contributed by atoms with Gasteiger partial charge in [-0.15, -0.1) is 0 Å². The van der Waals surface area contributed by atoms with Gasteiger partial charge in [-0.25, -0.2) is 4.79 Å². The Morgan fingerprint density at radius 2 is 1.50 bits per heavy atom. The van der Waals surface area contributed by atoms with E-state index in [0.29, 0.717) is 5.75 Å². The monoisotopic (exact) mass is 439 g/mol. The molecule has 0 spiro atoms. The number of amides is 1. The van der Waals surface area contributed by atoms with Gasteiger partial charge in [0.05, 0.1) is 6.42 Å². The Balaban J connectivity index is 4.31. The molecule has 0 bridgehead atoms. The van der Waals surface area contributed by atoms with Gasteiger partial charge in [-0.2, -0.15) is 11.8 Å². The van der Waals surface area contributed by atoms with Crippen molar-refractivity contribution in [2.75, 3.05) is 11.5 Å². The average Bonchev–Trinajstić information content (AvgIpc) is 2.62. The van der Waals surface area contributed by atoms with E-state index in [9.17, 15) is 19.5 Å². The number of hydrogen-bond donors (Lipinski definition) is 3. The summed E-state index contributed by atoms with van der Waals surface area (Å²) in [6.07, 6.45) is 10.4. The quantitative estimate of drug-likeness (QED) is 0.250. The molecule has 170 valence electrons. The van der Waals surface area contributed by atoms with Crippen molar-refractivity contribution < 1.29 is 24.6 Å². The number of allylic oxidation sites excluding steroid dienone is 5. The number of hydrogen-bond acceptors (Lipinski definition) is 4. The molecule has 0 aliphatic rings. The highest BCUT2D eigenvalue weighted by Crippen LogP contribution is 2.13. The van der Waals surface area contributed by atoms with Crippen LogP contribution in [0.15, 0.2) is 34.9 Å². The first-order chi connectivity index (χ1) is 14.0. The van der Waals surface area contributed by atoms with Crippen LogP contribution in [0, 0.1) is 5.92 Å². The van der Waals surface area contributed by atoms with Crippen molar-refractivity contribution in [2.45, 2.75) is 72.8 Å². The summed E-state index contributed by atoms with van der Waals surface area (Å²) in [6, 6.07) is -1.03. The predicted molar refractivity (Wildman–Crippen MR) is 124 cm³/mol. The maximum Gasteiger partial charge on any atom is 0.327 e. The van der Waals surface area contributed by atoms with Gasteiger partial charge in [0, 0.05) is 17.4 Å². The maximum absolute atomic E-state index is 11.9. The molecule has 0 aliphatic carbocycles. The number of carbonyl (C=O) groups excluding carboxylic acids is 1. The van der Waals surface area contributed by atoms with E-state index >= 15 is 0 Å². The van der Waals surface area contributed by atoms with Crippen LogP contribution in [0.3, 0.4) is 0 Å². The van der Waals surface area contributed by atoms with Crippen molar-refractivity contribution in [3.63, 3.8) is 0 Å². The molecule has 0 radical (unpaired) electrons. The van der Waals surface area contributed by atoms with Gasteiger partial charge in [0.2, 0.25) is 5.91 Å². The van der Waals surface area contributed by atoms with Crippen LogP contribution in [-0.4, -0.2) is 45.6 Å². The third-order valence-electron chi connectivity index (χ3n) is 4.50. The third kappa shape index (κ3) is 14.9. The number of carbonyl (C=O) groups is 3. The molecule has 2 atom stereocenters. The molecule has 30 heavy (non-hydrogen) atoms. The fourth-order valence-corrected chi connectivity index (χ4v) is 3.57. The van der Waals surface area contributed by atoms with Gasteiger partial charge in [-0.1, -0.05) is 41.9 Å². The van der Waals surface area contributed by atoms with Crippen LogP contribution < -0.4 is 5.32 Å². The molecule has 0 aromatic carbocycles. The molecule has 0 heterocycles. The van der Waals surface area contributed by atoms with Crippen molar-refractivity contribution in [2.24, 2.45) is 5.92 Å². The van der Waals surface area contributed by atoms with Crippen LogP contribution in [0.4, 0.5) is 0 Å². The highest BCUT2D eigenvalue weighted by Gasteiger charge is 2.24. The third-order valence-corrected chi connectivity index (χ3v) is 5.47. The summed E-state index contributed by atoms with van der Waals surface area (Å²) in [5, 5.41) is 20.4. The topological polar surface area (TPSA) is 104 Å². The highest BCUT2D eigenvalue weighted by molar-refractivity contribution is 7.99. The van der Waals surface area contributed by atoms with Crippen LogP contribution in [0.5, 0.6) is 0 Å². The summed E-state index contributed by atoms with van der Waals surface area (Å²) in [6.45, 7) is 9.91. The summed E-state index contributed by atoms with van der Waals surface area (Å²) in [7, 11) is 0. The number of thioether (sulfide) groups is 1. The SMILES string of the molecule is CC(C)=CCCC(C)=CCCC(C)=CCSCC(NC(=O)C(C)CC(=O)O)C(=O)O. The molecule has 0 aliphatic heterocycles. The average molecular weight is 440 g/mol. The number of nitrogens with one attached hydrogen (secondary N) is 1. The van der Waals surface area contributed by atoms with Crippen molar-refractivity contribution in [3.8, 4) is 0 Å². The second-order valence-electron chi connectivity index (χ2n) is 7.90. The molecule has 0 saturated heterocycles. The Labute approximate surface area is 184 Å². The Bertz CT molecular complexity index is 663. The molecule has 0 saturated carbocycles. The van der Waals surface area contributed by atoms with E-state index in [-0.39, 0.29) is 12.2 Å². The molecule has 7 heteroatoms. The fraction of sp³-hybridized carbons (Fsp3) is 0.609. The van der Waals surface area contributed by atoms with Gasteiger partial charge < -0.3 is 15.5 Å². The van der Waals surface area contributed by atoms with E-state index in [4.69, 9.17) is 5.11 Å². The zero-order valence-corrected chi connectivity index (χ0v) is 19.7. The van der Waals surface area contributed by atoms with Gasteiger partial charge in [0.1, 0.15) is 6.04 Å². The number of rotatable bonds is 15. The number of carboxylic acids is 2. The van der Waals surface area contributed by atoms with Crippen molar-refractivity contribution in [1.29, 1.82) is 0 Å². The molecule has 0 fully saturated rings. The van der Waals surface area contributed by atoms with Crippen LogP contribution in [0.25, 0.3) is 0 Å². The zero-order chi connectivity index (χ0) is 23.1. The van der Waals surface area contributed by atoms with E-state index in [1.807, 2.05) is 0 Å². The van der Waals surface area contributed by atoms with Crippen LogP contribution in [0.1, 0.15) is 66.7 Å². The predicted octanol–water partition coefficient (Wildman–Crippen LogP) is 4.82. The first-order valence-electron chi connectivity index (χ1n) is 10.3. The molecule has 0 aromatic rings. The molecule has 6 nitrogen and oxygen atoms in total. The molecular formula is C23H37NO5S. The van der Waals surface area contributed by atoms with Crippen molar-refractivity contribution >= 4 is 29.6 Å². The Morgan fingerprint density at radius 1 is 0.933 bits per heavy atom. The molecule has 0 aromatic heterocycles. The normalized spacial score (nSPS) is 14.0. The maximum atomic E-state index is 11.9. The standard InChI is InChI=1S/C23H37NO5S/c1-16(2)8-6-9-17(3)10-7-11-18(4)12-13-30-15-20(23(28)29)24-22(27)19(5)14-21(25)26/h8,10,12,19-20H,6-7,9,11,13-15H2,1-5H3,(H,24,27)(H,25,26)(H,28,29). The van der Waals surface area contributed by atoms with E-state index in [0.717, 1.165) is 25.7 Å². The minimum absolute atomic E-state index is 0.230. The lowest BCUT2D eigenvalue weighted by Gasteiger charge is -2.16. The van der Waals surface area contributed by atoms with E-state index in [1.165, 1.54) is 35.4 Å². The van der Waals surface area contributed by atoms with Crippen LogP contribution >= 0.6 is 11.8 Å². The molecule has 2 unspecified atom stereocenters. The van der Waals surface area contributed by atoms with Crippen molar-refractivity contribution in [3.05, 3.63) is 34.9 Å². The van der Waals surface area contributed by atoms with E-state index < -0.39 is 29.8 Å². The van der Waals surface area contributed by atoms with Gasteiger partial charge in [0.25, 0.3) is 0 Å². The largest absolute Gasteiger partial charge is 0.481 e. The lowest BCUT2D eigenvalue weighted by Crippen LogP contribution is -2.45. The Hall–Kier alpha value is -2.02. The summed E-state index contributed by atoms with van der Waals surface area (Å²) < 4.78 is 0. The van der Waals surface area contributed by atoms with E-state index in [1.54, 1.807) is 0 Å². The number of carboxylic acid groups (broad SMARTS) is 2. The first kappa shape index (κ1) is 28.0. The lowest BCUT2D eigenvalue weighted by molar-refractivity contribution is -0.143. The minimum Gasteiger partial charge on any atom is -0.481 e. The minimum atomic E-state index is -1.12. The molecular weight excluding hydrogens is 402 g/mol. The smallest absolute Gasteiger partial charge is 0.327 e. The number of aliphatic carboxylic acids is 2. The Kier molecular flexibility index (Phi) is 14.7. The molecule has 0 rings (SSSR count). The van der Waals surface area contributed by atoms with Crippen LogP contribution in [-0.2, 0) is 14.4 Å². The molecule has 3 N–H and O–H groups in total. The highest BCUT2D eigenvalue weighted by atomic mass is 32.2. The van der Waals surface area contributed by atoms with Gasteiger partial charge >= 0.3 is 11.9 Å². The second-order valence-corrected chi connectivity index (χ2v) is 8.97. The van der Waals surface area contributed by atoms with Crippen molar-refractivity contribution in [1.82, 2.24) is 5.32 Å². The van der Waals surface area contributed by atoms with Gasteiger partial charge in [0.15, 0.2) is 0 Å². The van der Waals surface area contributed by atoms with E-state index in [2.05, 4.69) is 51.2 Å². The summed E-state index contributed by atoms with van der Waals surface area (Å²) in [5.74, 6) is -2.63. The summed E-state index contributed by atoms with van der Waals surface area (Å²) >= 11 is 1.43. The lowest BCUT2D eigenvalue weighted by atomic mass is 10.1. The summed E-state index contributed by atoms with van der Waals surface area (Å²) in [5.41, 5.74) is 3.99. The second kappa shape index (κ2) is 15.8. The zero-order valence-electron chi connectivity index (χ0n) is 18.9. The Morgan fingerprint density at radius 3 is 2.03 bits per heavy atom. The van der Waals surface area contributed by atoms with Crippen LogP contribution in [0.2, 0.25) is 0 Å². The van der Waals surface area contributed by atoms with Gasteiger partial charge in [-0.3, -0.25) is 9.59 Å². The first-order valence-corrected chi connectivity index (χ1v) is 11.5. The molecule has 1 amide bonds. The fourth-order valence-electron chi connectivity index (χ4n) is 2.57. The van der Waals surface area contributed by atoms with Gasteiger partial charge in [-0.05, 0) is 53.4 Å².